The maximum atomic E-state index is 5.96. The minimum atomic E-state index is 0.0910. The largest absolute Gasteiger partial charge is 0.492 e. The molecule has 2 N–H and O–H groups in total. The molecule has 0 aliphatic heterocycles. The van der Waals surface area contributed by atoms with Crippen LogP contribution in [-0.2, 0) is 5.41 Å². The van der Waals surface area contributed by atoms with Gasteiger partial charge in [0.05, 0.1) is 0 Å². The summed E-state index contributed by atoms with van der Waals surface area (Å²) in [6.07, 6.45) is 0. The van der Waals surface area contributed by atoms with E-state index in [1.807, 2.05) is 12.1 Å². The molecular weight excluding hydrogens is 210 g/mol. The zero-order valence-electron chi connectivity index (χ0n) is 11.7. The zero-order chi connectivity index (χ0) is 13.1. The van der Waals surface area contributed by atoms with E-state index in [-0.39, 0.29) is 11.5 Å². The van der Waals surface area contributed by atoms with Crippen molar-refractivity contribution in [3.8, 4) is 5.75 Å². The van der Waals surface area contributed by atoms with Crippen molar-refractivity contribution >= 4 is 0 Å². The van der Waals surface area contributed by atoms with Crippen LogP contribution in [0.25, 0.3) is 0 Å². The Morgan fingerprint density at radius 1 is 1.24 bits per heavy atom. The number of ether oxygens (including phenoxy) is 1. The van der Waals surface area contributed by atoms with Crippen LogP contribution < -0.4 is 10.5 Å². The summed E-state index contributed by atoms with van der Waals surface area (Å²) < 4.78 is 5.74. The standard InChI is InChI=1S/C15H25NO/c1-11(2)14(16)10-17-13-8-6-7-12(9-13)15(3,4)5/h6-9,11,14H,10,16H2,1-5H3/t14-/m1/s1. The van der Waals surface area contributed by atoms with Crippen molar-refractivity contribution < 1.29 is 4.74 Å². The molecule has 1 atom stereocenters. The molecule has 96 valence electrons. The number of hydrogen-bond acceptors (Lipinski definition) is 2. The van der Waals surface area contributed by atoms with Crippen LogP contribution in [0.5, 0.6) is 5.75 Å². The van der Waals surface area contributed by atoms with Gasteiger partial charge in [0.15, 0.2) is 0 Å². The van der Waals surface area contributed by atoms with Crippen LogP contribution in [0.15, 0.2) is 24.3 Å². The Morgan fingerprint density at radius 3 is 2.41 bits per heavy atom. The van der Waals surface area contributed by atoms with Crippen molar-refractivity contribution in [2.45, 2.75) is 46.1 Å². The van der Waals surface area contributed by atoms with Crippen LogP contribution in [0.4, 0.5) is 0 Å². The van der Waals surface area contributed by atoms with Crippen molar-refractivity contribution in [3.63, 3.8) is 0 Å². The van der Waals surface area contributed by atoms with Crippen molar-refractivity contribution in [1.82, 2.24) is 0 Å². The third-order valence-electron chi connectivity index (χ3n) is 3.00. The molecule has 0 heterocycles. The summed E-state index contributed by atoms with van der Waals surface area (Å²) in [7, 11) is 0. The molecule has 0 aliphatic rings. The Kier molecular flexibility index (Phi) is 4.58. The Labute approximate surface area is 105 Å². The van der Waals surface area contributed by atoms with Gasteiger partial charge in [0.1, 0.15) is 12.4 Å². The molecule has 0 saturated heterocycles. The van der Waals surface area contributed by atoms with E-state index in [1.165, 1.54) is 5.56 Å². The van der Waals surface area contributed by atoms with Gasteiger partial charge in [-0.25, -0.2) is 0 Å². The summed E-state index contributed by atoms with van der Waals surface area (Å²) in [5.41, 5.74) is 7.40. The summed E-state index contributed by atoms with van der Waals surface area (Å²) in [6, 6.07) is 8.36. The number of hydrogen-bond donors (Lipinski definition) is 1. The fourth-order valence-corrected chi connectivity index (χ4v) is 1.44. The van der Waals surface area contributed by atoms with Gasteiger partial charge in [-0.15, -0.1) is 0 Å². The van der Waals surface area contributed by atoms with Gasteiger partial charge in [0.2, 0.25) is 0 Å². The minimum absolute atomic E-state index is 0.0910. The van der Waals surface area contributed by atoms with Crippen molar-refractivity contribution in [2.24, 2.45) is 11.7 Å². The molecule has 0 aliphatic carbocycles. The second-order valence-corrected chi connectivity index (χ2v) is 6.00. The predicted molar refractivity (Wildman–Crippen MR) is 73.5 cm³/mol. The smallest absolute Gasteiger partial charge is 0.119 e. The van der Waals surface area contributed by atoms with E-state index in [2.05, 4.69) is 46.8 Å². The first-order valence-corrected chi connectivity index (χ1v) is 6.29. The summed E-state index contributed by atoms with van der Waals surface area (Å²) >= 11 is 0. The van der Waals surface area contributed by atoms with E-state index in [9.17, 15) is 0 Å². The summed E-state index contributed by atoms with van der Waals surface area (Å²) in [4.78, 5) is 0. The van der Waals surface area contributed by atoms with E-state index >= 15 is 0 Å². The Balaban J connectivity index is 2.67. The molecule has 0 amide bonds. The molecule has 17 heavy (non-hydrogen) atoms. The van der Waals surface area contributed by atoms with E-state index in [1.54, 1.807) is 0 Å². The van der Waals surface area contributed by atoms with Crippen LogP contribution in [0.3, 0.4) is 0 Å². The molecule has 0 saturated carbocycles. The molecular formula is C15H25NO. The van der Waals surface area contributed by atoms with Crippen molar-refractivity contribution in [1.29, 1.82) is 0 Å². The topological polar surface area (TPSA) is 35.2 Å². The first-order valence-electron chi connectivity index (χ1n) is 6.29. The monoisotopic (exact) mass is 235 g/mol. The van der Waals surface area contributed by atoms with Gasteiger partial charge in [-0.1, -0.05) is 46.8 Å². The third-order valence-corrected chi connectivity index (χ3v) is 3.00. The molecule has 0 radical (unpaired) electrons. The molecule has 2 heteroatoms. The molecule has 0 bridgehead atoms. The summed E-state index contributed by atoms with van der Waals surface area (Å²) in [5.74, 6) is 1.36. The SMILES string of the molecule is CC(C)[C@H](N)COc1cccc(C(C)(C)C)c1. The second-order valence-electron chi connectivity index (χ2n) is 6.00. The molecule has 0 fully saturated rings. The molecule has 1 aromatic rings. The number of benzene rings is 1. The number of rotatable bonds is 4. The van der Waals surface area contributed by atoms with Gasteiger partial charge in [0.25, 0.3) is 0 Å². The van der Waals surface area contributed by atoms with Gasteiger partial charge in [-0.3, -0.25) is 0 Å². The first-order chi connectivity index (χ1) is 7.80. The van der Waals surface area contributed by atoms with Crippen LogP contribution >= 0.6 is 0 Å². The lowest BCUT2D eigenvalue weighted by atomic mass is 9.87. The van der Waals surface area contributed by atoms with Crippen LogP contribution in [0, 0.1) is 5.92 Å². The number of nitrogens with two attached hydrogens (primary N) is 1. The zero-order valence-corrected chi connectivity index (χ0v) is 11.7. The maximum absolute atomic E-state index is 5.96. The first kappa shape index (κ1) is 14.0. The Bertz CT molecular complexity index is 352. The normalized spacial score (nSPS) is 13.8. The average molecular weight is 235 g/mol. The lowest BCUT2D eigenvalue weighted by Crippen LogP contribution is -2.33. The van der Waals surface area contributed by atoms with Crippen molar-refractivity contribution in [3.05, 3.63) is 29.8 Å². The van der Waals surface area contributed by atoms with E-state index in [0.29, 0.717) is 12.5 Å². The van der Waals surface area contributed by atoms with Gasteiger partial charge < -0.3 is 10.5 Å². The highest BCUT2D eigenvalue weighted by Crippen LogP contribution is 2.25. The van der Waals surface area contributed by atoms with Gasteiger partial charge in [-0.05, 0) is 29.0 Å². The lowest BCUT2D eigenvalue weighted by molar-refractivity contribution is 0.259. The van der Waals surface area contributed by atoms with E-state index in [4.69, 9.17) is 10.5 Å². The quantitative estimate of drug-likeness (QED) is 0.868. The molecule has 1 rings (SSSR count). The molecule has 0 unspecified atom stereocenters. The molecule has 2 nitrogen and oxygen atoms in total. The highest BCUT2D eigenvalue weighted by Gasteiger charge is 2.14. The van der Waals surface area contributed by atoms with Gasteiger partial charge in [0, 0.05) is 6.04 Å². The maximum Gasteiger partial charge on any atom is 0.119 e. The fourth-order valence-electron chi connectivity index (χ4n) is 1.44. The van der Waals surface area contributed by atoms with E-state index < -0.39 is 0 Å². The molecule has 0 spiro atoms. The minimum Gasteiger partial charge on any atom is -0.492 e. The van der Waals surface area contributed by atoms with Crippen LogP contribution in [0.1, 0.15) is 40.2 Å². The summed E-state index contributed by atoms with van der Waals surface area (Å²) in [5, 5.41) is 0. The lowest BCUT2D eigenvalue weighted by Gasteiger charge is -2.21. The third kappa shape index (κ3) is 4.39. The highest BCUT2D eigenvalue weighted by atomic mass is 16.5. The summed E-state index contributed by atoms with van der Waals surface area (Å²) in [6.45, 7) is 11.4. The van der Waals surface area contributed by atoms with Crippen LogP contribution in [0.2, 0.25) is 0 Å². The van der Waals surface area contributed by atoms with Crippen LogP contribution in [-0.4, -0.2) is 12.6 Å². The fraction of sp³-hybridized carbons (Fsp3) is 0.600. The Morgan fingerprint density at radius 2 is 1.88 bits per heavy atom. The highest BCUT2D eigenvalue weighted by molar-refractivity contribution is 5.32. The average Bonchev–Trinajstić information content (AvgIpc) is 2.25. The van der Waals surface area contributed by atoms with Crippen molar-refractivity contribution in [2.75, 3.05) is 6.61 Å². The van der Waals surface area contributed by atoms with Gasteiger partial charge >= 0.3 is 0 Å². The van der Waals surface area contributed by atoms with E-state index in [0.717, 1.165) is 5.75 Å². The van der Waals surface area contributed by atoms with Gasteiger partial charge in [-0.2, -0.15) is 0 Å². The predicted octanol–water partition coefficient (Wildman–Crippen LogP) is 3.35. The second kappa shape index (κ2) is 5.54. The molecule has 1 aromatic carbocycles. The molecule has 0 aromatic heterocycles. The Hall–Kier alpha value is -1.02.